The fourth-order valence-electron chi connectivity index (χ4n) is 1.78. The maximum Gasteiger partial charge on any atom is 0.0391 e. The van der Waals surface area contributed by atoms with E-state index in [0.29, 0.717) is 0 Å². The Morgan fingerprint density at radius 1 is 0.882 bits per heavy atom. The van der Waals surface area contributed by atoms with E-state index in [2.05, 4.69) is 35.0 Å². The highest BCUT2D eigenvalue weighted by molar-refractivity contribution is 7.17. The summed E-state index contributed by atoms with van der Waals surface area (Å²) in [6.45, 7) is 0. The largest absolute Gasteiger partial charge is 0.399 e. The van der Waals surface area contributed by atoms with Crippen LogP contribution in [0.2, 0.25) is 0 Å². The summed E-state index contributed by atoms with van der Waals surface area (Å²) >= 11 is 1.76. The highest BCUT2D eigenvalue weighted by atomic mass is 32.1. The third kappa shape index (κ3) is 2.10. The summed E-state index contributed by atoms with van der Waals surface area (Å²) in [6.07, 6.45) is 0. The molecule has 0 spiro atoms. The predicted molar refractivity (Wildman–Crippen MR) is 76.0 cm³/mol. The van der Waals surface area contributed by atoms with Crippen LogP contribution in [0.5, 0.6) is 0 Å². The fourth-order valence-corrected chi connectivity index (χ4v) is 2.55. The molecule has 0 aliphatic rings. The maximum absolute atomic E-state index is 5.65. The number of rotatable bonds is 2. The van der Waals surface area contributed by atoms with Gasteiger partial charge in [0.15, 0.2) is 0 Å². The van der Waals surface area contributed by atoms with Crippen LogP contribution in [-0.4, -0.2) is 0 Å². The second-order valence-corrected chi connectivity index (χ2v) is 4.87. The average molecular weight is 240 g/mol. The molecule has 3 rings (SSSR count). The van der Waals surface area contributed by atoms with Gasteiger partial charge in [0.1, 0.15) is 0 Å². The summed E-state index contributed by atoms with van der Waals surface area (Å²) in [6, 6.07) is 16.3. The second kappa shape index (κ2) is 4.11. The van der Waals surface area contributed by atoms with E-state index in [4.69, 9.17) is 5.73 Å². The van der Waals surface area contributed by atoms with Crippen LogP contribution in [0.1, 0.15) is 0 Å². The first-order valence-electron chi connectivity index (χ1n) is 5.41. The standard InChI is InChI=1S/C14H12N2S/c15-11-1-3-12(4-2-11)16-13-5-6-14-10(9-13)7-8-17-14/h1-9,16H,15H2. The van der Waals surface area contributed by atoms with Gasteiger partial charge < -0.3 is 11.1 Å². The summed E-state index contributed by atoms with van der Waals surface area (Å²) in [4.78, 5) is 0. The molecule has 0 fully saturated rings. The molecule has 0 aliphatic heterocycles. The SMILES string of the molecule is Nc1ccc(Nc2ccc3sccc3c2)cc1. The van der Waals surface area contributed by atoms with Crippen LogP contribution in [0.3, 0.4) is 0 Å². The molecule has 0 radical (unpaired) electrons. The van der Waals surface area contributed by atoms with Crippen LogP contribution in [0.4, 0.5) is 17.1 Å². The third-order valence-electron chi connectivity index (χ3n) is 2.65. The van der Waals surface area contributed by atoms with Gasteiger partial charge in [0.2, 0.25) is 0 Å². The molecule has 1 aromatic heterocycles. The van der Waals surface area contributed by atoms with E-state index in [1.54, 1.807) is 11.3 Å². The van der Waals surface area contributed by atoms with Crippen molar-refractivity contribution < 1.29 is 0 Å². The van der Waals surface area contributed by atoms with Gasteiger partial charge in [0, 0.05) is 21.8 Å². The molecule has 17 heavy (non-hydrogen) atoms. The van der Waals surface area contributed by atoms with Gasteiger partial charge in [-0.2, -0.15) is 0 Å². The minimum atomic E-state index is 0.781. The lowest BCUT2D eigenvalue weighted by molar-refractivity contribution is 1.57. The van der Waals surface area contributed by atoms with Gasteiger partial charge in [0.05, 0.1) is 0 Å². The van der Waals surface area contributed by atoms with E-state index in [1.165, 1.54) is 10.1 Å². The van der Waals surface area contributed by atoms with Gasteiger partial charge in [-0.15, -0.1) is 11.3 Å². The van der Waals surface area contributed by atoms with E-state index in [0.717, 1.165) is 17.1 Å². The van der Waals surface area contributed by atoms with Crippen LogP contribution in [0, 0.1) is 0 Å². The van der Waals surface area contributed by atoms with Gasteiger partial charge in [-0.05, 0) is 59.3 Å². The summed E-state index contributed by atoms with van der Waals surface area (Å²) in [5.41, 5.74) is 8.58. The Balaban J connectivity index is 1.91. The molecular weight excluding hydrogens is 228 g/mol. The lowest BCUT2D eigenvalue weighted by Crippen LogP contribution is -1.90. The minimum absolute atomic E-state index is 0.781. The number of nitrogen functional groups attached to an aromatic ring is 1. The van der Waals surface area contributed by atoms with Crippen molar-refractivity contribution in [1.29, 1.82) is 0 Å². The Kier molecular flexibility index (Phi) is 2.46. The van der Waals surface area contributed by atoms with Crippen molar-refractivity contribution in [3.8, 4) is 0 Å². The quantitative estimate of drug-likeness (QED) is 0.658. The molecule has 0 bridgehead atoms. The minimum Gasteiger partial charge on any atom is -0.399 e. The molecule has 2 aromatic carbocycles. The molecule has 0 unspecified atom stereocenters. The van der Waals surface area contributed by atoms with E-state index in [-0.39, 0.29) is 0 Å². The number of nitrogens with one attached hydrogen (secondary N) is 1. The predicted octanol–water partition coefficient (Wildman–Crippen LogP) is 4.23. The third-order valence-corrected chi connectivity index (χ3v) is 3.55. The zero-order valence-electron chi connectivity index (χ0n) is 9.18. The normalized spacial score (nSPS) is 10.6. The highest BCUT2D eigenvalue weighted by Gasteiger charge is 1.98. The van der Waals surface area contributed by atoms with E-state index >= 15 is 0 Å². The molecule has 84 valence electrons. The Morgan fingerprint density at radius 3 is 2.47 bits per heavy atom. The number of benzene rings is 2. The lowest BCUT2D eigenvalue weighted by Gasteiger charge is -2.06. The zero-order chi connectivity index (χ0) is 11.7. The van der Waals surface area contributed by atoms with Crippen molar-refractivity contribution in [3.05, 3.63) is 53.9 Å². The fraction of sp³-hybridized carbons (Fsp3) is 0. The number of hydrogen-bond acceptors (Lipinski definition) is 3. The number of fused-ring (bicyclic) bond motifs is 1. The molecule has 0 saturated heterocycles. The van der Waals surface area contributed by atoms with Crippen LogP contribution in [0.25, 0.3) is 10.1 Å². The average Bonchev–Trinajstić information content (AvgIpc) is 2.79. The Morgan fingerprint density at radius 2 is 1.65 bits per heavy atom. The summed E-state index contributed by atoms with van der Waals surface area (Å²) in [5.74, 6) is 0. The van der Waals surface area contributed by atoms with Crippen LogP contribution in [-0.2, 0) is 0 Å². The van der Waals surface area contributed by atoms with Gasteiger partial charge in [-0.25, -0.2) is 0 Å². The van der Waals surface area contributed by atoms with Gasteiger partial charge in [-0.1, -0.05) is 0 Å². The Hall–Kier alpha value is -2.00. The van der Waals surface area contributed by atoms with Crippen molar-refractivity contribution in [2.75, 3.05) is 11.1 Å². The monoisotopic (exact) mass is 240 g/mol. The van der Waals surface area contributed by atoms with Gasteiger partial charge >= 0.3 is 0 Å². The molecule has 1 heterocycles. The molecule has 0 amide bonds. The van der Waals surface area contributed by atoms with Crippen LogP contribution < -0.4 is 11.1 Å². The molecule has 3 aromatic rings. The first-order chi connectivity index (χ1) is 8.31. The molecule has 3 N–H and O–H groups in total. The van der Waals surface area contributed by atoms with E-state index < -0.39 is 0 Å². The molecule has 3 heteroatoms. The summed E-state index contributed by atoms with van der Waals surface area (Å²) in [7, 11) is 0. The van der Waals surface area contributed by atoms with Crippen molar-refractivity contribution in [1.82, 2.24) is 0 Å². The lowest BCUT2D eigenvalue weighted by atomic mass is 10.2. The van der Waals surface area contributed by atoms with Crippen LogP contribution in [0.15, 0.2) is 53.9 Å². The second-order valence-electron chi connectivity index (χ2n) is 3.92. The number of hydrogen-bond donors (Lipinski definition) is 2. The van der Waals surface area contributed by atoms with E-state index in [1.807, 2.05) is 24.3 Å². The topological polar surface area (TPSA) is 38.0 Å². The first kappa shape index (κ1) is 10.2. The zero-order valence-corrected chi connectivity index (χ0v) is 10.00. The molecule has 0 aliphatic carbocycles. The molecular formula is C14H12N2S. The number of nitrogens with two attached hydrogens (primary N) is 1. The molecule has 0 saturated carbocycles. The number of anilines is 3. The van der Waals surface area contributed by atoms with Crippen LogP contribution >= 0.6 is 11.3 Å². The van der Waals surface area contributed by atoms with Crippen molar-refractivity contribution in [2.45, 2.75) is 0 Å². The highest BCUT2D eigenvalue weighted by Crippen LogP contribution is 2.26. The Labute approximate surface area is 104 Å². The number of thiophene rings is 1. The maximum atomic E-state index is 5.65. The molecule has 0 atom stereocenters. The summed E-state index contributed by atoms with van der Waals surface area (Å²) in [5, 5.41) is 6.74. The summed E-state index contributed by atoms with van der Waals surface area (Å²) < 4.78 is 1.31. The van der Waals surface area contributed by atoms with Crippen molar-refractivity contribution >= 4 is 38.5 Å². The van der Waals surface area contributed by atoms with Gasteiger partial charge in [0.25, 0.3) is 0 Å². The molecule has 2 nitrogen and oxygen atoms in total. The van der Waals surface area contributed by atoms with Crippen molar-refractivity contribution in [3.63, 3.8) is 0 Å². The van der Waals surface area contributed by atoms with Gasteiger partial charge in [-0.3, -0.25) is 0 Å². The Bertz CT molecular complexity index is 641. The van der Waals surface area contributed by atoms with E-state index in [9.17, 15) is 0 Å². The van der Waals surface area contributed by atoms with Crippen molar-refractivity contribution in [2.24, 2.45) is 0 Å². The smallest absolute Gasteiger partial charge is 0.0391 e. The first-order valence-corrected chi connectivity index (χ1v) is 6.29.